The quantitative estimate of drug-likeness (QED) is 0.491. The fourth-order valence-electron chi connectivity index (χ4n) is 1.40. The molecule has 0 saturated heterocycles. The number of nitrogens with zero attached hydrogens (tertiary/aromatic N) is 3. The number of halogens is 5. The highest BCUT2D eigenvalue weighted by Crippen LogP contribution is 2.20. The monoisotopic (exact) mass is 316 g/mol. The third-order valence-electron chi connectivity index (χ3n) is 2.29. The molecule has 0 radical (unpaired) electrons. The molecule has 21 heavy (non-hydrogen) atoms. The van der Waals surface area contributed by atoms with Gasteiger partial charge in [0, 0.05) is 6.42 Å². The molecule has 1 atom stereocenters. The summed E-state index contributed by atoms with van der Waals surface area (Å²) in [6, 6.07) is -1.78. The number of aromatic nitrogens is 2. The Hall–Kier alpha value is -2.27. The molecule has 1 N–H and O–H groups in total. The second kappa shape index (κ2) is 6.45. The van der Waals surface area contributed by atoms with E-state index in [1.807, 2.05) is 0 Å². The van der Waals surface area contributed by atoms with Crippen LogP contribution in [0.25, 0.3) is 0 Å². The summed E-state index contributed by atoms with van der Waals surface area (Å²) in [6.45, 7) is -1.70. The van der Waals surface area contributed by atoms with Gasteiger partial charge < -0.3 is 5.32 Å². The Balaban J connectivity index is 2.88. The molecule has 0 bridgehead atoms. The largest absolute Gasteiger partial charge is 0.405 e. The molecule has 118 valence electrons. The summed E-state index contributed by atoms with van der Waals surface area (Å²) in [5, 5.41) is 15.2. The van der Waals surface area contributed by atoms with Gasteiger partial charge in [0.05, 0.1) is 4.92 Å². The van der Waals surface area contributed by atoms with Crippen LogP contribution in [0.5, 0.6) is 0 Å². The van der Waals surface area contributed by atoms with Crippen molar-refractivity contribution in [3.05, 3.63) is 22.5 Å². The van der Waals surface area contributed by atoms with E-state index in [4.69, 9.17) is 0 Å². The topological polar surface area (TPSA) is 90.1 Å². The average molecular weight is 316 g/mol. The Labute approximate surface area is 113 Å². The molecule has 1 aromatic heterocycles. The molecule has 0 aliphatic rings. The van der Waals surface area contributed by atoms with Crippen LogP contribution < -0.4 is 5.32 Å². The van der Waals surface area contributed by atoms with Gasteiger partial charge in [0.2, 0.25) is 12.3 Å². The van der Waals surface area contributed by atoms with Crippen LogP contribution in [0.1, 0.15) is 12.5 Å². The third kappa shape index (κ3) is 5.31. The maximum atomic E-state index is 12.4. The summed E-state index contributed by atoms with van der Waals surface area (Å²) in [5.41, 5.74) is -0.571. The van der Waals surface area contributed by atoms with Crippen molar-refractivity contribution in [2.24, 2.45) is 0 Å². The zero-order valence-electron chi connectivity index (χ0n) is 10.2. The summed E-state index contributed by atoms with van der Waals surface area (Å²) < 4.78 is 61.3. The molecule has 0 aliphatic heterocycles. The molecule has 1 heterocycles. The molecular weight excluding hydrogens is 307 g/mol. The van der Waals surface area contributed by atoms with Crippen LogP contribution in [0.15, 0.2) is 12.4 Å². The van der Waals surface area contributed by atoms with E-state index in [9.17, 15) is 36.9 Å². The van der Waals surface area contributed by atoms with E-state index in [2.05, 4.69) is 5.10 Å². The van der Waals surface area contributed by atoms with E-state index in [-0.39, 0.29) is 0 Å². The summed E-state index contributed by atoms with van der Waals surface area (Å²) in [6.07, 6.45) is -7.44. The summed E-state index contributed by atoms with van der Waals surface area (Å²) in [5.74, 6) is -1.36. The Morgan fingerprint density at radius 2 is 2.10 bits per heavy atom. The molecule has 0 aromatic carbocycles. The van der Waals surface area contributed by atoms with Gasteiger partial charge in [-0.25, -0.2) is 8.78 Å². The van der Waals surface area contributed by atoms with Crippen LogP contribution in [0.4, 0.5) is 27.6 Å². The zero-order chi connectivity index (χ0) is 16.2. The average Bonchev–Trinajstić information content (AvgIpc) is 2.81. The van der Waals surface area contributed by atoms with Crippen molar-refractivity contribution >= 4 is 11.6 Å². The molecule has 0 saturated carbocycles. The summed E-state index contributed by atoms with van der Waals surface area (Å²) in [4.78, 5) is 21.1. The van der Waals surface area contributed by atoms with Crippen LogP contribution in [-0.2, 0) is 4.79 Å². The number of carbonyl (C=O) groups is 1. The lowest BCUT2D eigenvalue weighted by atomic mass is 10.2. The van der Waals surface area contributed by atoms with Crippen LogP contribution in [0.3, 0.4) is 0 Å². The Kier molecular flexibility index (Phi) is 5.16. The van der Waals surface area contributed by atoms with Gasteiger partial charge in [-0.2, -0.15) is 18.3 Å². The van der Waals surface area contributed by atoms with Gasteiger partial charge in [-0.15, -0.1) is 0 Å². The smallest absolute Gasteiger partial charge is 0.345 e. The van der Waals surface area contributed by atoms with Crippen molar-refractivity contribution in [1.82, 2.24) is 15.1 Å². The van der Waals surface area contributed by atoms with E-state index in [0.29, 0.717) is 17.1 Å². The molecule has 7 nitrogen and oxygen atoms in total. The van der Waals surface area contributed by atoms with Crippen LogP contribution in [-0.4, -0.2) is 39.8 Å². The molecule has 0 aliphatic carbocycles. The van der Waals surface area contributed by atoms with Crippen molar-refractivity contribution in [2.45, 2.75) is 25.1 Å². The van der Waals surface area contributed by atoms with E-state index in [0.717, 1.165) is 0 Å². The van der Waals surface area contributed by atoms with E-state index < -0.39 is 48.1 Å². The number of nitrogens with one attached hydrogen (secondary N) is 1. The van der Waals surface area contributed by atoms with E-state index in [1.54, 1.807) is 0 Å². The van der Waals surface area contributed by atoms with Gasteiger partial charge in [0.1, 0.15) is 25.0 Å². The van der Waals surface area contributed by atoms with Crippen LogP contribution >= 0.6 is 0 Å². The fraction of sp³-hybridized carbons (Fsp3) is 0.556. The molecule has 0 fully saturated rings. The van der Waals surface area contributed by atoms with Gasteiger partial charge in [-0.3, -0.25) is 19.6 Å². The number of nitro groups is 1. The van der Waals surface area contributed by atoms with Crippen molar-refractivity contribution in [1.29, 1.82) is 0 Å². The third-order valence-corrected chi connectivity index (χ3v) is 2.29. The standard InChI is InChI=1S/C9H9F5N4O3/c10-7(11)1-6(8(19)15-4-9(12,13)14)17-3-5(2-16-17)18(20)21/h2-3,6-7H,1,4H2,(H,15,19). The lowest BCUT2D eigenvalue weighted by Gasteiger charge is -2.17. The fourth-order valence-corrected chi connectivity index (χ4v) is 1.40. The highest BCUT2D eigenvalue weighted by Gasteiger charge is 2.32. The molecule has 1 amide bonds. The molecule has 1 aromatic rings. The first-order chi connectivity index (χ1) is 9.60. The first-order valence-corrected chi connectivity index (χ1v) is 5.41. The maximum Gasteiger partial charge on any atom is 0.405 e. The van der Waals surface area contributed by atoms with Gasteiger partial charge in [0.15, 0.2) is 0 Å². The van der Waals surface area contributed by atoms with E-state index >= 15 is 0 Å². The van der Waals surface area contributed by atoms with Gasteiger partial charge in [-0.05, 0) is 0 Å². The number of alkyl halides is 5. The van der Waals surface area contributed by atoms with Gasteiger partial charge >= 0.3 is 11.9 Å². The first kappa shape index (κ1) is 16.8. The van der Waals surface area contributed by atoms with Crippen molar-refractivity contribution in [3.8, 4) is 0 Å². The lowest BCUT2D eigenvalue weighted by molar-refractivity contribution is -0.385. The van der Waals surface area contributed by atoms with Crippen molar-refractivity contribution < 1.29 is 31.7 Å². The molecule has 12 heteroatoms. The van der Waals surface area contributed by atoms with Crippen LogP contribution in [0, 0.1) is 10.1 Å². The molecule has 0 spiro atoms. The number of hydrogen-bond donors (Lipinski definition) is 1. The highest BCUT2D eigenvalue weighted by atomic mass is 19.4. The minimum atomic E-state index is -4.71. The molecule has 1 unspecified atom stereocenters. The second-order valence-electron chi connectivity index (χ2n) is 3.91. The van der Waals surface area contributed by atoms with E-state index in [1.165, 1.54) is 5.32 Å². The van der Waals surface area contributed by atoms with Crippen LogP contribution in [0.2, 0.25) is 0 Å². The number of hydrogen-bond acceptors (Lipinski definition) is 4. The zero-order valence-corrected chi connectivity index (χ0v) is 10.2. The summed E-state index contributed by atoms with van der Waals surface area (Å²) in [7, 11) is 0. The van der Waals surface area contributed by atoms with Gasteiger partial charge in [0.25, 0.3) is 0 Å². The normalized spacial score (nSPS) is 13.2. The molecular formula is C9H9F5N4O3. The minimum absolute atomic E-state index is 0.538. The minimum Gasteiger partial charge on any atom is -0.345 e. The number of rotatable bonds is 6. The van der Waals surface area contributed by atoms with Crippen molar-refractivity contribution in [3.63, 3.8) is 0 Å². The highest BCUT2D eigenvalue weighted by molar-refractivity contribution is 5.80. The first-order valence-electron chi connectivity index (χ1n) is 5.41. The predicted molar refractivity (Wildman–Crippen MR) is 57.6 cm³/mol. The van der Waals surface area contributed by atoms with Crippen molar-refractivity contribution in [2.75, 3.05) is 6.54 Å². The predicted octanol–water partition coefficient (Wildman–Crippen LogP) is 1.67. The lowest BCUT2D eigenvalue weighted by Crippen LogP contribution is -2.39. The molecule has 1 rings (SSSR count). The Morgan fingerprint density at radius 1 is 1.48 bits per heavy atom. The number of amides is 1. The summed E-state index contributed by atoms with van der Waals surface area (Å²) >= 11 is 0. The maximum absolute atomic E-state index is 12.4. The second-order valence-corrected chi connectivity index (χ2v) is 3.91. The SMILES string of the molecule is O=C(NCC(F)(F)F)C(CC(F)F)n1cc([N+](=O)[O-])cn1. The number of carbonyl (C=O) groups excluding carboxylic acids is 1. The van der Waals surface area contributed by atoms with Gasteiger partial charge in [-0.1, -0.05) is 0 Å². The Morgan fingerprint density at radius 3 is 2.52 bits per heavy atom. The Bertz CT molecular complexity index is 516.